The summed E-state index contributed by atoms with van der Waals surface area (Å²) in [4.78, 5) is 19.0. The summed E-state index contributed by atoms with van der Waals surface area (Å²) in [5, 5.41) is 3.43. The first-order valence-corrected chi connectivity index (χ1v) is 8.66. The number of rotatable bonds is 6. The van der Waals surface area contributed by atoms with Crippen molar-refractivity contribution in [2.24, 2.45) is 5.92 Å². The van der Waals surface area contributed by atoms with Gasteiger partial charge in [0, 0.05) is 45.8 Å². The van der Waals surface area contributed by atoms with Crippen molar-refractivity contribution < 1.29 is 4.79 Å². The first-order valence-electron chi connectivity index (χ1n) is 8.66. The van der Waals surface area contributed by atoms with Gasteiger partial charge in [0.2, 0.25) is 5.91 Å². The minimum atomic E-state index is 0. The minimum absolute atomic E-state index is 0. The summed E-state index contributed by atoms with van der Waals surface area (Å²) in [5.41, 5.74) is 0. The minimum Gasteiger partial charge on any atom is -0.342 e. The van der Waals surface area contributed by atoms with Crippen molar-refractivity contribution in [2.45, 2.75) is 26.7 Å². The van der Waals surface area contributed by atoms with Crippen molar-refractivity contribution in [2.75, 3.05) is 65.4 Å². The zero-order valence-electron chi connectivity index (χ0n) is 14.2. The number of carbonyl (C=O) groups excluding carboxylic acids is 1. The van der Waals surface area contributed by atoms with Gasteiger partial charge in [0.25, 0.3) is 0 Å². The van der Waals surface area contributed by atoms with Crippen LogP contribution in [0.1, 0.15) is 26.7 Å². The molecule has 6 heteroatoms. The van der Waals surface area contributed by atoms with E-state index in [0.29, 0.717) is 6.54 Å². The maximum atomic E-state index is 12.1. The van der Waals surface area contributed by atoms with Crippen molar-refractivity contribution in [1.29, 1.82) is 0 Å². The molecular weight excluding hydrogens is 300 g/mol. The molecule has 2 aliphatic heterocycles. The number of nitrogens with zero attached hydrogens (tertiary/aromatic N) is 3. The quantitative estimate of drug-likeness (QED) is 0.784. The van der Waals surface area contributed by atoms with E-state index in [1.807, 2.05) is 4.90 Å². The Labute approximate surface area is 141 Å². The molecule has 0 spiro atoms. The lowest BCUT2D eigenvalue weighted by atomic mass is 9.97. The average Bonchev–Trinajstić information content (AvgIpc) is 2.51. The predicted octanol–water partition coefficient (Wildman–Crippen LogP) is 0.894. The van der Waals surface area contributed by atoms with Gasteiger partial charge in [0.1, 0.15) is 0 Å². The third kappa shape index (κ3) is 6.03. The summed E-state index contributed by atoms with van der Waals surface area (Å²) < 4.78 is 0. The molecule has 0 aromatic carbocycles. The van der Waals surface area contributed by atoms with E-state index in [2.05, 4.69) is 29.0 Å². The maximum Gasteiger partial charge on any atom is 0.236 e. The number of amides is 1. The number of likely N-dealkylation sites (N-methyl/N-ethyl adjacent to an activating group) is 1. The highest BCUT2D eigenvalue weighted by atomic mass is 35.5. The molecule has 0 unspecified atom stereocenters. The van der Waals surface area contributed by atoms with E-state index in [0.717, 1.165) is 45.2 Å². The largest absolute Gasteiger partial charge is 0.342 e. The molecule has 2 heterocycles. The third-order valence-electron chi connectivity index (χ3n) is 4.92. The van der Waals surface area contributed by atoms with Crippen LogP contribution in [-0.4, -0.2) is 86.1 Å². The summed E-state index contributed by atoms with van der Waals surface area (Å²) in [5.74, 6) is 1.15. The normalized spacial score (nSPS) is 21.4. The fourth-order valence-electron chi connectivity index (χ4n) is 3.43. The highest BCUT2D eigenvalue weighted by molar-refractivity contribution is 5.85. The van der Waals surface area contributed by atoms with Crippen LogP contribution in [0, 0.1) is 5.92 Å². The van der Waals surface area contributed by atoms with Gasteiger partial charge in [-0.3, -0.25) is 9.69 Å². The predicted molar refractivity (Wildman–Crippen MR) is 93.6 cm³/mol. The lowest BCUT2D eigenvalue weighted by Gasteiger charge is -2.37. The first-order chi connectivity index (χ1) is 10.2. The Kier molecular flexibility index (Phi) is 9.33. The molecule has 0 aliphatic carbocycles. The zero-order valence-corrected chi connectivity index (χ0v) is 15.0. The van der Waals surface area contributed by atoms with Crippen molar-refractivity contribution in [3.05, 3.63) is 0 Å². The third-order valence-corrected chi connectivity index (χ3v) is 4.92. The number of carbonyl (C=O) groups is 1. The smallest absolute Gasteiger partial charge is 0.236 e. The Hall–Kier alpha value is -0.360. The fraction of sp³-hybridized carbons (Fsp3) is 0.938. The Morgan fingerprint density at radius 2 is 1.59 bits per heavy atom. The molecule has 1 N–H and O–H groups in total. The molecule has 2 rings (SSSR count). The zero-order chi connectivity index (χ0) is 15.1. The Bertz CT molecular complexity index is 311. The van der Waals surface area contributed by atoms with E-state index < -0.39 is 0 Å². The van der Waals surface area contributed by atoms with E-state index in [4.69, 9.17) is 0 Å². The van der Waals surface area contributed by atoms with Gasteiger partial charge in [-0.1, -0.05) is 0 Å². The van der Waals surface area contributed by atoms with Crippen LogP contribution in [-0.2, 0) is 4.79 Å². The molecule has 0 aromatic heterocycles. The van der Waals surface area contributed by atoms with Crippen molar-refractivity contribution in [1.82, 2.24) is 20.0 Å². The monoisotopic (exact) mass is 332 g/mol. The lowest BCUT2D eigenvalue weighted by molar-refractivity contribution is -0.132. The van der Waals surface area contributed by atoms with Gasteiger partial charge in [-0.25, -0.2) is 0 Å². The van der Waals surface area contributed by atoms with Gasteiger partial charge in [-0.2, -0.15) is 0 Å². The number of piperidine rings is 1. The molecule has 0 saturated carbocycles. The topological polar surface area (TPSA) is 38.8 Å². The van der Waals surface area contributed by atoms with Crippen molar-refractivity contribution >= 4 is 18.3 Å². The van der Waals surface area contributed by atoms with Crippen LogP contribution < -0.4 is 5.32 Å². The second-order valence-electron chi connectivity index (χ2n) is 6.34. The van der Waals surface area contributed by atoms with Crippen LogP contribution in [0.15, 0.2) is 0 Å². The highest BCUT2D eigenvalue weighted by Crippen LogP contribution is 2.14. The molecule has 2 aliphatic rings. The van der Waals surface area contributed by atoms with E-state index in [-0.39, 0.29) is 18.3 Å². The summed E-state index contributed by atoms with van der Waals surface area (Å²) in [6, 6.07) is 0. The molecule has 130 valence electrons. The summed E-state index contributed by atoms with van der Waals surface area (Å²) in [7, 11) is 0. The Morgan fingerprint density at radius 1 is 1.05 bits per heavy atom. The van der Waals surface area contributed by atoms with Gasteiger partial charge in [-0.15, -0.1) is 12.4 Å². The second-order valence-corrected chi connectivity index (χ2v) is 6.34. The molecule has 2 fully saturated rings. The van der Waals surface area contributed by atoms with Crippen LogP contribution in [0.2, 0.25) is 0 Å². The number of nitrogens with one attached hydrogen (secondary N) is 1. The molecule has 5 nitrogen and oxygen atoms in total. The van der Waals surface area contributed by atoms with Crippen LogP contribution in [0.25, 0.3) is 0 Å². The molecule has 0 bridgehead atoms. The van der Waals surface area contributed by atoms with Gasteiger partial charge in [-0.05, 0) is 45.7 Å². The molecule has 0 aromatic rings. The van der Waals surface area contributed by atoms with Gasteiger partial charge in [0.05, 0.1) is 6.54 Å². The SMILES string of the molecule is CCN(CC)C(=O)CN1CCN(CC2CCNCC2)CC1.Cl. The Morgan fingerprint density at radius 3 is 2.14 bits per heavy atom. The summed E-state index contributed by atoms with van der Waals surface area (Å²) in [6.45, 7) is 14.3. The second kappa shape index (κ2) is 10.4. The standard InChI is InChI=1S/C16H32N4O.ClH/c1-3-20(4-2)16(21)14-19-11-9-18(10-12-19)13-15-5-7-17-8-6-15;/h15,17H,3-14H2,1-2H3;1H. The molecule has 22 heavy (non-hydrogen) atoms. The molecule has 0 radical (unpaired) electrons. The van der Waals surface area contributed by atoms with E-state index in [1.54, 1.807) is 0 Å². The van der Waals surface area contributed by atoms with Gasteiger partial charge >= 0.3 is 0 Å². The van der Waals surface area contributed by atoms with Crippen molar-refractivity contribution in [3.63, 3.8) is 0 Å². The van der Waals surface area contributed by atoms with Crippen LogP contribution in [0.4, 0.5) is 0 Å². The van der Waals surface area contributed by atoms with Crippen LogP contribution >= 0.6 is 12.4 Å². The molecule has 1 amide bonds. The summed E-state index contributed by atoms with van der Waals surface area (Å²) in [6.07, 6.45) is 2.64. The Balaban J connectivity index is 0.00000242. The van der Waals surface area contributed by atoms with E-state index in [9.17, 15) is 4.79 Å². The first kappa shape index (κ1) is 19.7. The van der Waals surface area contributed by atoms with E-state index in [1.165, 1.54) is 32.5 Å². The number of hydrogen-bond donors (Lipinski definition) is 1. The average molecular weight is 333 g/mol. The van der Waals surface area contributed by atoms with E-state index >= 15 is 0 Å². The van der Waals surface area contributed by atoms with Gasteiger partial charge < -0.3 is 15.1 Å². The molecule has 0 atom stereocenters. The van der Waals surface area contributed by atoms with Crippen LogP contribution in [0.5, 0.6) is 0 Å². The van der Waals surface area contributed by atoms with Gasteiger partial charge in [0.15, 0.2) is 0 Å². The number of hydrogen-bond acceptors (Lipinski definition) is 4. The number of piperazine rings is 1. The fourth-order valence-corrected chi connectivity index (χ4v) is 3.43. The van der Waals surface area contributed by atoms with Crippen LogP contribution in [0.3, 0.4) is 0 Å². The lowest BCUT2D eigenvalue weighted by Crippen LogP contribution is -2.51. The number of halogens is 1. The molecular formula is C16H33ClN4O. The summed E-state index contributed by atoms with van der Waals surface area (Å²) >= 11 is 0. The highest BCUT2D eigenvalue weighted by Gasteiger charge is 2.23. The maximum absolute atomic E-state index is 12.1. The molecule has 2 saturated heterocycles. The van der Waals surface area contributed by atoms with Crippen molar-refractivity contribution in [3.8, 4) is 0 Å².